The molecule has 4 heteroatoms. The van der Waals surface area contributed by atoms with Gasteiger partial charge in [0.1, 0.15) is 6.10 Å². The van der Waals surface area contributed by atoms with Crippen LogP contribution in [0.2, 0.25) is 0 Å². The smallest absolute Gasteiger partial charge is 0.331 e. The van der Waals surface area contributed by atoms with Crippen LogP contribution in [0.1, 0.15) is 18.4 Å². The maximum absolute atomic E-state index is 11.2. The number of hydrogen-bond donors (Lipinski definition) is 1. The van der Waals surface area contributed by atoms with Gasteiger partial charge >= 0.3 is 11.9 Å². The molecule has 1 heterocycles. The fourth-order valence-electron chi connectivity index (χ4n) is 1.83. The molecule has 4 nitrogen and oxygen atoms in total. The summed E-state index contributed by atoms with van der Waals surface area (Å²) in [5, 5.41) is 8.64. The number of carbonyl (C=O) groups excluding carboxylic acids is 1. The summed E-state index contributed by atoms with van der Waals surface area (Å²) >= 11 is 0. The number of hydrogen-bond acceptors (Lipinski definition) is 3. The lowest BCUT2D eigenvalue weighted by Crippen LogP contribution is -2.13. The van der Waals surface area contributed by atoms with Crippen molar-refractivity contribution in [2.24, 2.45) is 0 Å². The highest BCUT2D eigenvalue weighted by molar-refractivity contribution is 5.97. The van der Waals surface area contributed by atoms with Crippen LogP contribution >= 0.6 is 0 Å². The summed E-state index contributed by atoms with van der Waals surface area (Å²) in [6.45, 7) is 0. The molecule has 0 saturated heterocycles. The molecule has 0 aromatic heterocycles. The topological polar surface area (TPSA) is 63.6 Å². The Morgan fingerprint density at radius 2 is 2.00 bits per heavy atom. The Hall–Kier alpha value is -2.10. The van der Waals surface area contributed by atoms with E-state index in [1.807, 2.05) is 30.3 Å². The number of carboxylic acids is 1. The van der Waals surface area contributed by atoms with Crippen molar-refractivity contribution in [2.45, 2.75) is 18.9 Å². The molecule has 1 aliphatic heterocycles. The number of benzene rings is 1. The molecular weight excluding hydrogens is 220 g/mol. The Bertz CT molecular complexity index is 462. The Morgan fingerprint density at radius 1 is 1.29 bits per heavy atom. The third-order valence-corrected chi connectivity index (χ3v) is 2.61. The molecule has 0 radical (unpaired) electrons. The maximum Gasteiger partial charge on any atom is 0.331 e. The second-order valence-corrected chi connectivity index (χ2v) is 3.82. The highest BCUT2D eigenvalue weighted by Gasteiger charge is 2.27. The van der Waals surface area contributed by atoms with Crippen LogP contribution in [0.15, 0.2) is 36.4 Å². The van der Waals surface area contributed by atoms with E-state index in [1.165, 1.54) is 6.08 Å². The minimum atomic E-state index is -0.889. The van der Waals surface area contributed by atoms with Gasteiger partial charge < -0.3 is 9.84 Å². The number of ether oxygens (including phenoxy) is 1. The van der Waals surface area contributed by atoms with E-state index < -0.39 is 18.0 Å². The van der Waals surface area contributed by atoms with E-state index in [4.69, 9.17) is 9.84 Å². The molecule has 1 aromatic carbocycles. The molecule has 1 unspecified atom stereocenters. The zero-order valence-electron chi connectivity index (χ0n) is 9.13. The van der Waals surface area contributed by atoms with Gasteiger partial charge in [-0.1, -0.05) is 30.3 Å². The largest absolute Gasteiger partial charge is 0.481 e. The van der Waals surface area contributed by atoms with Crippen molar-refractivity contribution in [1.29, 1.82) is 0 Å². The van der Waals surface area contributed by atoms with E-state index in [2.05, 4.69) is 0 Å². The van der Waals surface area contributed by atoms with Crippen molar-refractivity contribution in [2.75, 3.05) is 0 Å². The van der Waals surface area contributed by atoms with Crippen LogP contribution in [0.4, 0.5) is 0 Å². The van der Waals surface area contributed by atoms with Gasteiger partial charge in [0.2, 0.25) is 0 Å². The quantitative estimate of drug-likeness (QED) is 0.805. The number of cyclic esters (lactones) is 1. The van der Waals surface area contributed by atoms with Crippen molar-refractivity contribution >= 4 is 17.5 Å². The van der Waals surface area contributed by atoms with Gasteiger partial charge in [0, 0.05) is 18.1 Å². The molecule has 0 aliphatic carbocycles. The second kappa shape index (κ2) is 4.82. The molecule has 1 atom stereocenters. The molecule has 0 amide bonds. The molecular formula is C13H12O4. The number of carboxylic acid groups (broad SMARTS) is 1. The molecule has 1 aliphatic rings. The summed E-state index contributed by atoms with van der Waals surface area (Å²) in [6.07, 6.45) is 1.28. The van der Waals surface area contributed by atoms with Crippen LogP contribution in [-0.4, -0.2) is 23.1 Å². The first-order valence-corrected chi connectivity index (χ1v) is 5.36. The van der Waals surface area contributed by atoms with Crippen molar-refractivity contribution in [3.8, 4) is 0 Å². The summed E-state index contributed by atoms with van der Waals surface area (Å²) in [5.74, 6) is -1.29. The number of carbonyl (C=O) groups is 2. The molecule has 0 bridgehead atoms. The first kappa shape index (κ1) is 11.4. The zero-order valence-corrected chi connectivity index (χ0v) is 9.13. The Kier molecular flexibility index (Phi) is 3.23. The monoisotopic (exact) mass is 232 g/mol. The van der Waals surface area contributed by atoms with Gasteiger partial charge in [-0.15, -0.1) is 0 Å². The minimum absolute atomic E-state index is 0.0118. The highest BCUT2D eigenvalue weighted by atomic mass is 16.5. The molecule has 0 fully saturated rings. The molecule has 1 N–H and O–H groups in total. The average Bonchev–Trinajstić information content (AvgIpc) is 2.69. The van der Waals surface area contributed by atoms with E-state index in [-0.39, 0.29) is 6.42 Å². The maximum atomic E-state index is 11.2. The van der Waals surface area contributed by atoms with Gasteiger partial charge in [0.05, 0.1) is 0 Å². The summed E-state index contributed by atoms with van der Waals surface area (Å²) in [4.78, 5) is 21.8. The van der Waals surface area contributed by atoms with Crippen LogP contribution in [0.25, 0.3) is 5.57 Å². The predicted molar refractivity (Wildman–Crippen MR) is 61.2 cm³/mol. The third kappa shape index (κ3) is 2.72. The number of rotatable bonds is 4. The highest BCUT2D eigenvalue weighted by Crippen LogP contribution is 2.28. The normalized spacial score (nSPS) is 18.7. The Morgan fingerprint density at radius 3 is 2.65 bits per heavy atom. The molecule has 88 valence electrons. The molecule has 0 spiro atoms. The first-order chi connectivity index (χ1) is 8.16. The fraction of sp³-hybridized carbons (Fsp3) is 0.231. The van der Waals surface area contributed by atoms with Gasteiger partial charge in [0.25, 0.3) is 0 Å². The van der Waals surface area contributed by atoms with Crippen LogP contribution < -0.4 is 0 Å². The molecule has 17 heavy (non-hydrogen) atoms. The molecule has 2 rings (SSSR count). The predicted octanol–water partition coefficient (Wildman–Crippen LogP) is 1.86. The summed E-state index contributed by atoms with van der Waals surface area (Å²) in [7, 11) is 0. The summed E-state index contributed by atoms with van der Waals surface area (Å²) < 4.78 is 5.08. The van der Waals surface area contributed by atoms with Crippen LogP contribution in [0.3, 0.4) is 0 Å². The van der Waals surface area contributed by atoms with E-state index in [1.54, 1.807) is 0 Å². The lowest BCUT2D eigenvalue weighted by molar-refractivity contribution is -0.142. The summed E-state index contributed by atoms with van der Waals surface area (Å²) in [6, 6.07) is 9.37. The van der Waals surface area contributed by atoms with E-state index in [0.29, 0.717) is 6.42 Å². The van der Waals surface area contributed by atoms with E-state index in [9.17, 15) is 9.59 Å². The number of aliphatic carboxylic acids is 1. The lowest BCUT2D eigenvalue weighted by Gasteiger charge is -2.13. The van der Waals surface area contributed by atoms with Gasteiger partial charge in [-0.25, -0.2) is 4.79 Å². The minimum Gasteiger partial charge on any atom is -0.481 e. The molecule has 0 saturated carbocycles. The number of esters is 1. The van der Waals surface area contributed by atoms with Crippen molar-refractivity contribution in [3.63, 3.8) is 0 Å². The van der Waals surface area contributed by atoms with Crippen LogP contribution in [-0.2, 0) is 14.3 Å². The van der Waals surface area contributed by atoms with E-state index in [0.717, 1.165) is 11.1 Å². The van der Waals surface area contributed by atoms with Gasteiger partial charge in [-0.3, -0.25) is 4.79 Å². The van der Waals surface area contributed by atoms with Crippen molar-refractivity contribution < 1.29 is 19.4 Å². The lowest BCUT2D eigenvalue weighted by atomic mass is 9.98. The average molecular weight is 232 g/mol. The van der Waals surface area contributed by atoms with Gasteiger partial charge in [-0.2, -0.15) is 0 Å². The summed E-state index contributed by atoms with van der Waals surface area (Å²) in [5.41, 5.74) is 1.66. The van der Waals surface area contributed by atoms with Crippen LogP contribution in [0.5, 0.6) is 0 Å². The van der Waals surface area contributed by atoms with Crippen LogP contribution in [0, 0.1) is 0 Å². The Labute approximate surface area is 98.5 Å². The second-order valence-electron chi connectivity index (χ2n) is 3.82. The fourth-order valence-corrected chi connectivity index (χ4v) is 1.83. The van der Waals surface area contributed by atoms with Gasteiger partial charge in [-0.05, 0) is 12.0 Å². The SMILES string of the molecule is O=C(O)CCC1OC(=O)C=C1c1ccccc1. The van der Waals surface area contributed by atoms with Crippen molar-refractivity contribution in [3.05, 3.63) is 42.0 Å². The van der Waals surface area contributed by atoms with Gasteiger partial charge in [0.15, 0.2) is 0 Å². The third-order valence-electron chi connectivity index (χ3n) is 2.61. The van der Waals surface area contributed by atoms with Crippen molar-refractivity contribution in [1.82, 2.24) is 0 Å². The Balaban J connectivity index is 2.16. The molecule has 1 aromatic rings. The first-order valence-electron chi connectivity index (χ1n) is 5.36. The standard InChI is InChI=1S/C13H12O4/c14-12(15)7-6-11-10(8-13(16)17-11)9-4-2-1-3-5-9/h1-5,8,11H,6-7H2,(H,14,15). The van der Waals surface area contributed by atoms with E-state index >= 15 is 0 Å². The zero-order chi connectivity index (χ0) is 12.3.